The van der Waals surface area contributed by atoms with Crippen molar-refractivity contribution >= 4 is 34.0 Å². The summed E-state index contributed by atoms with van der Waals surface area (Å²) in [5.74, 6) is -0.371. The fourth-order valence-corrected chi connectivity index (χ4v) is 2.63. The molecule has 4 aromatic rings. The molecule has 0 aliphatic heterocycles. The highest BCUT2D eigenvalue weighted by Crippen LogP contribution is 2.28. The smallest absolute Gasteiger partial charge is 0.132 e. The van der Waals surface area contributed by atoms with Gasteiger partial charge in [0.2, 0.25) is 0 Å². The van der Waals surface area contributed by atoms with E-state index in [0.29, 0.717) is 16.3 Å². The Morgan fingerprint density at radius 1 is 1.04 bits per heavy atom. The third kappa shape index (κ3) is 2.68. The summed E-state index contributed by atoms with van der Waals surface area (Å²) in [6.45, 7) is 0. The molecule has 0 saturated heterocycles. The largest absolute Gasteiger partial charge is 0.354 e. The van der Waals surface area contributed by atoms with Gasteiger partial charge in [-0.05, 0) is 36.4 Å². The number of pyridine rings is 2. The molecule has 0 aliphatic carbocycles. The van der Waals surface area contributed by atoms with Gasteiger partial charge in [-0.3, -0.25) is 15.1 Å². The Morgan fingerprint density at radius 3 is 2.83 bits per heavy atom. The van der Waals surface area contributed by atoms with E-state index in [1.807, 2.05) is 6.07 Å². The summed E-state index contributed by atoms with van der Waals surface area (Å²) >= 11 is 5.96. The Labute approximate surface area is 141 Å². The van der Waals surface area contributed by atoms with Gasteiger partial charge in [0, 0.05) is 28.7 Å². The molecule has 7 heteroatoms. The minimum atomic E-state index is -0.371. The van der Waals surface area contributed by atoms with Gasteiger partial charge in [0.25, 0.3) is 0 Å². The molecule has 1 aromatic carbocycles. The maximum absolute atomic E-state index is 14.0. The number of aromatic amines is 1. The van der Waals surface area contributed by atoms with Crippen LogP contribution in [0.4, 0.5) is 15.8 Å². The number of aromatic nitrogens is 4. The van der Waals surface area contributed by atoms with Crippen molar-refractivity contribution in [1.82, 2.24) is 20.2 Å². The van der Waals surface area contributed by atoms with Crippen molar-refractivity contribution < 1.29 is 4.39 Å². The highest BCUT2D eigenvalue weighted by atomic mass is 35.5. The number of fused-ring (bicyclic) bond motifs is 1. The Morgan fingerprint density at radius 2 is 1.92 bits per heavy atom. The van der Waals surface area contributed by atoms with E-state index < -0.39 is 0 Å². The summed E-state index contributed by atoms with van der Waals surface area (Å²) in [6.07, 6.45) is 4.96. The van der Waals surface area contributed by atoms with E-state index in [1.54, 1.807) is 36.8 Å². The van der Waals surface area contributed by atoms with Gasteiger partial charge in [0.15, 0.2) is 0 Å². The van der Waals surface area contributed by atoms with Gasteiger partial charge >= 0.3 is 0 Å². The molecule has 3 aromatic heterocycles. The first-order valence-corrected chi connectivity index (χ1v) is 7.55. The summed E-state index contributed by atoms with van der Waals surface area (Å²) in [6, 6.07) is 9.79. The van der Waals surface area contributed by atoms with Crippen LogP contribution in [0.5, 0.6) is 0 Å². The van der Waals surface area contributed by atoms with Crippen LogP contribution < -0.4 is 5.32 Å². The minimum absolute atomic E-state index is 0.354. The third-order valence-electron chi connectivity index (χ3n) is 3.59. The average Bonchev–Trinajstić information content (AvgIpc) is 3.07. The molecule has 0 unspecified atom stereocenters. The second kappa shape index (κ2) is 5.90. The Bertz CT molecular complexity index is 1030. The monoisotopic (exact) mass is 339 g/mol. The number of rotatable bonds is 3. The molecule has 0 fully saturated rings. The summed E-state index contributed by atoms with van der Waals surface area (Å²) in [5.41, 5.74) is 3.99. The van der Waals surface area contributed by atoms with E-state index in [1.165, 1.54) is 12.1 Å². The average molecular weight is 340 g/mol. The molecule has 0 bridgehead atoms. The number of hydrogen-bond donors (Lipinski definition) is 2. The molecule has 24 heavy (non-hydrogen) atoms. The van der Waals surface area contributed by atoms with Gasteiger partial charge in [-0.1, -0.05) is 11.6 Å². The van der Waals surface area contributed by atoms with Crippen molar-refractivity contribution in [2.24, 2.45) is 0 Å². The number of benzene rings is 1. The standard InChI is InChI=1S/C17H11ClFN5/c18-10-1-2-13(19)12(7-10)15-8-11(3-5-20-15)23-14-4-6-21-16-9-22-24-17(14)16/h1-9H,(H,22,24)(H,20,21,23). The fraction of sp³-hybridized carbons (Fsp3) is 0. The number of anilines is 2. The van der Waals surface area contributed by atoms with Gasteiger partial charge < -0.3 is 5.32 Å². The van der Waals surface area contributed by atoms with Crippen molar-refractivity contribution in [2.45, 2.75) is 0 Å². The lowest BCUT2D eigenvalue weighted by atomic mass is 10.1. The van der Waals surface area contributed by atoms with Gasteiger partial charge in [-0.25, -0.2) is 4.39 Å². The first-order chi connectivity index (χ1) is 11.7. The SMILES string of the molecule is Fc1ccc(Cl)cc1-c1cc(Nc2ccnc3cn[nH]c23)ccn1. The quantitative estimate of drug-likeness (QED) is 0.574. The van der Waals surface area contributed by atoms with Crippen molar-refractivity contribution in [3.8, 4) is 11.3 Å². The van der Waals surface area contributed by atoms with Crippen LogP contribution in [0.3, 0.4) is 0 Å². The summed E-state index contributed by atoms with van der Waals surface area (Å²) in [7, 11) is 0. The van der Waals surface area contributed by atoms with Gasteiger partial charge in [0.05, 0.1) is 17.6 Å². The zero-order chi connectivity index (χ0) is 16.5. The van der Waals surface area contributed by atoms with Crippen molar-refractivity contribution in [3.63, 3.8) is 0 Å². The van der Waals surface area contributed by atoms with E-state index in [0.717, 1.165) is 22.4 Å². The zero-order valence-electron chi connectivity index (χ0n) is 12.3. The first kappa shape index (κ1) is 14.6. The van der Waals surface area contributed by atoms with E-state index >= 15 is 0 Å². The second-order valence-corrected chi connectivity index (χ2v) is 5.60. The van der Waals surface area contributed by atoms with Gasteiger partial charge in [-0.2, -0.15) is 5.10 Å². The zero-order valence-corrected chi connectivity index (χ0v) is 13.0. The topological polar surface area (TPSA) is 66.5 Å². The fourth-order valence-electron chi connectivity index (χ4n) is 2.46. The van der Waals surface area contributed by atoms with E-state index in [-0.39, 0.29) is 5.82 Å². The lowest BCUT2D eigenvalue weighted by Crippen LogP contribution is -1.95. The Kier molecular flexibility index (Phi) is 3.59. The number of H-pyrrole nitrogens is 1. The molecule has 2 N–H and O–H groups in total. The van der Waals surface area contributed by atoms with E-state index in [9.17, 15) is 4.39 Å². The van der Waals surface area contributed by atoms with Crippen LogP contribution in [0.15, 0.2) is 55.0 Å². The van der Waals surface area contributed by atoms with Crippen LogP contribution in [-0.2, 0) is 0 Å². The maximum Gasteiger partial charge on any atom is 0.132 e. The van der Waals surface area contributed by atoms with Crippen molar-refractivity contribution in [1.29, 1.82) is 0 Å². The molecule has 0 atom stereocenters. The molecule has 118 valence electrons. The molecule has 4 rings (SSSR count). The third-order valence-corrected chi connectivity index (χ3v) is 3.82. The Hall–Kier alpha value is -2.99. The van der Waals surface area contributed by atoms with Crippen LogP contribution in [0, 0.1) is 5.82 Å². The first-order valence-electron chi connectivity index (χ1n) is 7.17. The molecule has 0 saturated carbocycles. The predicted molar refractivity (Wildman–Crippen MR) is 91.8 cm³/mol. The Balaban J connectivity index is 1.73. The van der Waals surface area contributed by atoms with Gasteiger partial charge in [-0.15, -0.1) is 0 Å². The van der Waals surface area contributed by atoms with E-state index in [2.05, 4.69) is 25.5 Å². The molecular weight excluding hydrogens is 329 g/mol. The van der Waals surface area contributed by atoms with Crippen molar-refractivity contribution in [2.75, 3.05) is 5.32 Å². The normalized spacial score (nSPS) is 10.9. The molecule has 3 heterocycles. The van der Waals surface area contributed by atoms with Crippen LogP contribution in [0.25, 0.3) is 22.3 Å². The highest BCUT2D eigenvalue weighted by Gasteiger charge is 2.09. The lowest BCUT2D eigenvalue weighted by molar-refractivity contribution is 0.631. The lowest BCUT2D eigenvalue weighted by Gasteiger charge is -2.09. The summed E-state index contributed by atoms with van der Waals surface area (Å²) < 4.78 is 14.0. The van der Waals surface area contributed by atoms with Crippen molar-refractivity contribution in [3.05, 3.63) is 65.8 Å². The highest BCUT2D eigenvalue weighted by molar-refractivity contribution is 6.30. The number of nitrogens with one attached hydrogen (secondary N) is 2. The summed E-state index contributed by atoms with van der Waals surface area (Å²) in [4.78, 5) is 8.45. The summed E-state index contributed by atoms with van der Waals surface area (Å²) in [5, 5.41) is 10.6. The maximum atomic E-state index is 14.0. The number of halogens is 2. The molecule has 0 spiro atoms. The van der Waals surface area contributed by atoms with Crippen LogP contribution in [0.2, 0.25) is 5.02 Å². The van der Waals surface area contributed by atoms with Crippen LogP contribution in [-0.4, -0.2) is 20.2 Å². The minimum Gasteiger partial charge on any atom is -0.354 e. The molecule has 5 nitrogen and oxygen atoms in total. The molecule has 0 radical (unpaired) electrons. The number of hydrogen-bond acceptors (Lipinski definition) is 4. The van der Waals surface area contributed by atoms with Gasteiger partial charge in [0.1, 0.15) is 16.9 Å². The van der Waals surface area contributed by atoms with Crippen LogP contribution in [0.1, 0.15) is 0 Å². The molecular formula is C17H11ClFN5. The second-order valence-electron chi connectivity index (χ2n) is 5.17. The number of nitrogens with zero attached hydrogens (tertiary/aromatic N) is 3. The van der Waals surface area contributed by atoms with Crippen LogP contribution >= 0.6 is 11.6 Å². The predicted octanol–water partition coefficient (Wildman–Crippen LogP) is 4.56. The molecule has 0 amide bonds. The molecule has 0 aliphatic rings. The van der Waals surface area contributed by atoms with E-state index in [4.69, 9.17) is 11.6 Å².